The Morgan fingerprint density at radius 1 is 0.758 bits per heavy atom. The zero-order valence-corrected chi connectivity index (χ0v) is 20.9. The third-order valence-electron chi connectivity index (χ3n) is 5.82. The summed E-state index contributed by atoms with van der Waals surface area (Å²) in [4.78, 5) is 2.01. The number of benzene rings is 4. The van der Waals surface area contributed by atoms with Crippen molar-refractivity contribution in [2.45, 2.75) is 12.7 Å². The minimum absolute atomic E-state index is 0.224. The molecule has 33 heavy (non-hydrogen) atoms. The van der Waals surface area contributed by atoms with Crippen LogP contribution < -0.4 is 10.6 Å². The lowest BCUT2D eigenvalue weighted by Crippen LogP contribution is -2.29. The number of para-hydroxylation sites is 1. The number of aromatic nitrogens is 1. The number of nitrogens with zero attached hydrogens (tertiary/aromatic N) is 2. The predicted octanol–water partition coefficient (Wildman–Crippen LogP) is 8.08. The number of anilines is 3. The smallest absolute Gasteiger partial charge is 0.136 e. The van der Waals surface area contributed by atoms with Crippen molar-refractivity contribution in [1.82, 2.24) is 4.57 Å². The van der Waals surface area contributed by atoms with Crippen LogP contribution in [0, 0.1) is 0 Å². The van der Waals surface area contributed by atoms with Gasteiger partial charge >= 0.3 is 0 Å². The number of hydrogen-bond donors (Lipinski definition) is 1. The van der Waals surface area contributed by atoms with Crippen molar-refractivity contribution in [3.63, 3.8) is 0 Å². The standard InChI is InChI=1S/C27H22Br2FN3/c28-18-6-12-26-24(14-18)25-15-19(29)7-13-27(25)33(26)17-20(30)16-32(22-4-2-1-3-5-22)23-10-8-21(31)9-11-23/h1-15,20H,16-17,31H2. The van der Waals surface area contributed by atoms with Gasteiger partial charge in [0, 0.05) is 47.8 Å². The number of nitrogens with two attached hydrogens (primary N) is 1. The quantitative estimate of drug-likeness (QED) is 0.211. The molecule has 0 radical (unpaired) electrons. The third kappa shape index (κ3) is 4.50. The van der Waals surface area contributed by atoms with Crippen molar-refractivity contribution < 1.29 is 4.39 Å². The maximum absolute atomic E-state index is 15.8. The number of fused-ring (bicyclic) bond motifs is 3. The number of rotatable bonds is 6. The molecule has 2 N–H and O–H groups in total. The first-order valence-electron chi connectivity index (χ1n) is 10.7. The highest BCUT2D eigenvalue weighted by Crippen LogP contribution is 2.34. The fourth-order valence-corrected chi connectivity index (χ4v) is 5.04. The van der Waals surface area contributed by atoms with Gasteiger partial charge < -0.3 is 15.2 Å². The average molecular weight is 567 g/mol. The molecule has 0 amide bonds. The van der Waals surface area contributed by atoms with Gasteiger partial charge in [-0.15, -0.1) is 0 Å². The lowest BCUT2D eigenvalue weighted by atomic mass is 10.2. The van der Waals surface area contributed by atoms with Gasteiger partial charge in [0.1, 0.15) is 6.17 Å². The third-order valence-corrected chi connectivity index (χ3v) is 6.81. The molecular formula is C27H22Br2FN3. The first-order valence-corrected chi connectivity index (χ1v) is 12.3. The van der Waals surface area contributed by atoms with Gasteiger partial charge in [-0.3, -0.25) is 0 Å². The van der Waals surface area contributed by atoms with E-state index in [4.69, 9.17) is 5.73 Å². The minimum Gasteiger partial charge on any atom is -0.399 e. The number of nitrogen functional groups attached to an aromatic ring is 1. The molecule has 5 rings (SSSR count). The van der Waals surface area contributed by atoms with E-state index in [0.29, 0.717) is 5.69 Å². The SMILES string of the molecule is Nc1ccc(N(CC(F)Cn2c3ccc(Br)cc3c3cc(Br)ccc32)c2ccccc2)cc1. The summed E-state index contributed by atoms with van der Waals surface area (Å²) < 4.78 is 19.9. The molecule has 0 saturated heterocycles. The van der Waals surface area contributed by atoms with Gasteiger partial charge in [0.05, 0.1) is 13.1 Å². The van der Waals surface area contributed by atoms with Crippen LogP contribution >= 0.6 is 31.9 Å². The molecule has 0 aliphatic rings. The van der Waals surface area contributed by atoms with Crippen molar-refractivity contribution >= 4 is 70.7 Å². The molecule has 1 atom stereocenters. The largest absolute Gasteiger partial charge is 0.399 e. The molecule has 0 spiro atoms. The van der Waals surface area contributed by atoms with E-state index >= 15 is 4.39 Å². The number of halogens is 3. The Kier molecular flexibility index (Phi) is 6.13. The maximum Gasteiger partial charge on any atom is 0.136 e. The zero-order chi connectivity index (χ0) is 22.9. The summed E-state index contributed by atoms with van der Waals surface area (Å²) in [6, 6.07) is 29.8. The maximum atomic E-state index is 15.8. The van der Waals surface area contributed by atoms with E-state index in [1.807, 2.05) is 71.6 Å². The van der Waals surface area contributed by atoms with E-state index in [2.05, 4.69) is 60.7 Å². The van der Waals surface area contributed by atoms with Crippen LogP contribution in [-0.4, -0.2) is 17.3 Å². The van der Waals surface area contributed by atoms with Gasteiger partial charge in [0.15, 0.2) is 0 Å². The topological polar surface area (TPSA) is 34.2 Å². The van der Waals surface area contributed by atoms with Crippen LogP contribution in [0.3, 0.4) is 0 Å². The molecule has 0 aliphatic heterocycles. The first-order chi connectivity index (χ1) is 16.0. The van der Waals surface area contributed by atoms with E-state index in [-0.39, 0.29) is 13.1 Å². The average Bonchev–Trinajstić information content (AvgIpc) is 3.10. The van der Waals surface area contributed by atoms with Crippen molar-refractivity contribution in [1.29, 1.82) is 0 Å². The highest BCUT2D eigenvalue weighted by molar-refractivity contribution is 9.10. The van der Waals surface area contributed by atoms with E-state index in [1.54, 1.807) is 0 Å². The van der Waals surface area contributed by atoms with Crippen LogP contribution in [0.1, 0.15) is 0 Å². The summed E-state index contributed by atoms with van der Waals surface area (Å²) in [6.45, 7) is 0.476. The molecule has 1 unspecified atom stereocenters. The van der Waals surface area contributed by atoms with Crippen LogP contribution in [0.15, 0.2) is 99.9 Å². The Hall–Kier alpha value is -2.83. The number of alkyl halides is 1. The molecule has 3 nitrogen and oxygen atoms in total. The molecule has 4 aromatic carbocycles. The van der Waals surface area contributed by atoms with Gasteiger partial charge in [0.2, 0.25) is 0 Å². The highest BCUT2D eigenvalue weighted by Gasteiger charge is 2.19. The Balaban J connectivity index is 1.51. The van der Waals surface area contributed by atoms with E-state index < -0.39 is 6.17 Å². The normalized spacial score (nSPS) is 12.3. The number of hydrogen-bond acceptors (Lipinski definition) is 2. The van der Waals surface area contributed by atoms with Crippen molar-refractivity contribution in [3.8, 4) is 0 Å². The van der Waals surface area contributed by atoms with Gasteiger partial charge in [-0.2, -0.15) is 0 Å². The monoisotopic (exact) mass is 565 g/mol. The summed E-state index contributed by atoms with van der Waals surface area (Å²) in [5.41, 5.74) is 10.5. The summed E-state index contributed by atoms with van der Waals surface area (Å²) in [5, 5.41) is 2.21. The Bertz CT molecular complexity index is 1360. The summed E-state index contributed by atoms with van der Waals surface area (Å²) in [7, 11) is 0. The van der Waals surface area contributed by atoms with Gasteiger partial charge in [-0.25, -0.2) is 4.39 Å². The molecule has 6 heteroatoms. The Labute approximate surface area is 208 Å². The van der Waals surface area contributed by atoms with Crippen LogP contribution in [0.4, 0.5) is 21.5 Å². The lowest BCUT2D eigenvalue weighted by molar-refractivity contribution is 0.308. The first kappa shape index (κ1) is 22.0. The molecular weight excluding hydrogens is 545 g/mol. The summed E-state index contributed by atoms with van der Waals surface area (Å²) in [6.07, 6.45) is -1.10. The van der Waals surface area contributed by atoms with Crippen molar-refractivity contribution in [3.05, 3.63) is 99.9 Å². The fraction of sp³-hybridized carbons (Fsp3) is 0.111. The summed E-state index contributed by atoms with van der Waals surface area (Å²) >= 11 is 7.15. The van der Waals surface area contributed by atoms with Crippen LogP contribution in [0.25, 0.3) is 21.8 Å². The van der Waals surface area contributed by atoms with E-state index in [9.17, 15) is 0 Å². The van der Waals surface area contributed by atoms with E-state index in [0.717, 1.165) is 42.1 Å². The molecule has 1 heterocycles. The van der Waals surface area contributed by atoms with E-state index in [1.165, 1.54) is 0 Å². The minimum atomic E-state index is -1.10. The van der Waals surface area contributed by atoms with Crippen LogP contribution in [-0.2, 0) is 6.54 Å². The van der Waals surface area contributed by atoms with Crippen LogP contribution in [0.5, 0.6) is 0 Å². The van der Waals surface area contributed by atoms with Gasteiger partial charge in [-0.05, 0) is 72.8 Å². The van der Waals surface area contributed by atoms with Gasteiger partial charge in [-0.1, -0.05) is 50.1 Å². The summed E-state index contributed by atoms with van der Waals surface area (Å²) in [5.74, 6) is 0. The molecule has 5 aromatic rings. The zero-order valence-electron chi connectivity index (χ0n) is 17.8. The second kappa shape index (κ2) is 9.20. The van der Waals surface area contributed by atoms with Gasteiger partial charge in [0.25, 0.3) is 0 Å². The molecule has 1 aromatic heterocycles. The molecule has 0 aliphatic carbocycles. The highest BCUT2D eigenvalue weighted by atomic mass is 79.9. The second-order valence-electron chi connectivity index (χ2n) is 8.07. The van der Waals surface area contributed by atoms with Crippen molar-refractivity contribution in [2.75, 3.05) is 17.2 Å². The molecule has 0 saturated carbocycles. The Morgan fingerprint density at radius 2 is 1.30 bits per heavy atom. The second-order valence-corrected chi connectivity index (χ2v) is 9.90. The predicted molar refractivity (Wildman–Crippen MR) is 144 cm³/mol. The van der Waals surface area contributed by atoms with Crippen LogP contribution in [0.2, 0.25) is 0 Å². The lowest BCUT2D eigenvalue weighted by Gasteiger charge is -2.27. The molecule has 0 fully saturated rings. The fourth-order valence-electron chi connectivity index (χ4n) is 4.32. The Morgan fingerprint density at radius 3 is 1.88 bits per heavy atom. The van der Waals surface area contributed by atoms with Crippen molar-refractivity contribution in [2.24, 2.45) is 0 Å². The molecule has 0 bridgehead atoms. The molecule has 166 valence electrons.